The van der Waals surface area contributed by atoms with Crippen LogP contribution in [-0.2, 0) is 4.74 Å². The van der Waals surface area contributed by atoms with E-state index in [1.165, 1.54) is 0 Å². The third-order valence-electron chi connectivity index (χ3n) is 2.32. The number of nitrogens with zero attached hydrogens (tertiary/aromatic N) is 1. The Morgan fingerprint density at radius 1 is 1.64 bits per heavy atom. The maximum atomic E-state index is 5.35. The van der Waals surface area contributed by atoms with E-state index in [0.717, 1.165) is 5.71 Å². The molecule has 0 N–H and O–H groups in total. The molecule has 1 aliphatic rings. The lowest BCUT2D eigenvalue weighted by atomic mass is 9.94. The zero-order valence-electron chi connectivity index (χ0n) is 7.59. The van der Waals surface area contributed by atoms with Crippen LogP contribution < -0.4 is 0 Å². The standard InChI is InChI=1S/C9H15NO/c1-7-5-6-9(3,11-4)8(2)10-7/h5-6,8H,1-4H3/t8-,9?/m1/s1. The van der Waals surface area contributed by atoms with Crippen molar-refractivity contribution < 1.29 is 4.74 Å². The Balaban J connectivity index is 2.84. The number of hydrogen-bond donors (Lipinski definition) is 0. The van der Waals surface area contributed by atoms with Crippen LogP contribution in [0.25, 0.3) is 0 Å². The minimum atomic E-state index is -0.209. The number of rotatable bonds is 1. The predicted octanol–water partition coefficient (Wildman–Crippen LogP) is 1.81. The minimum Gasteiger partial charge on any atom is -0.372 e. The molecule has 2 nitrogen and oxygen atoms in total. The second kappa shape index (κ2) is 2.78. The monoisotopic (exact) mass is 153 g/mol. The van der Waals surface area contributed by atoms with Gasteiger partial charge in [-0.3, -0.25) is 4.99 Å². The Labute approximate surface area is 68.0 Å². The van der Waals surface area contributed by atoms with E-state index in [1.807, 2.05) is 19.9 Å². The van der Waals surface area contributed by atoms with E-state index < -0.39 is 0 Å². The van der Waals surface area contributed by atoms with E-state index in [-0.39, 0.29) is 11.6 Å². The average molecular weight is 153 g/mol. The molecule has 0 fully saturated rings. The summed E-state index contributed by atoms with van der Waals surface area (Å²) in [5.41, 5.74) is 0.867. The smallest absolute Gasteiger partial charge is 0.105 e. The molecule has 11 heavy (non-hydrogen) atoms. The molecule has 0 saturated carbocycles. The lowest BCUT2D eigenvalue weighted by molar-refractivity contribution is 0.0308. The van der Waals surface area contributed by atoms with Gasteiger partial charge in [-0.05, 0) is 32.9 Å². The molecule has 1 aliphatic heterocycles. The summed E-state index contributed by atoms with van der Waals surface area (Å²) in [7, 11) is 1.72. The van der Waals surface area contributed by atoms with Crippen molar-refractivity contribution in [2.75, 3.05) is 7.11 Å². The highest BCUT2D eigenvalue weighted by molar-refractivity contribution is 5.93. The van der Waals surface area contributed by atoms with E-state index >= 15 is 0 Å². The first-order valence-corrected chi connectivity index (χ1v) is 3.87. The third-order valence-corrected chi connectivity index (χ3v) is 2.32. The largest absolute Gasteiger partial charge is 0.372 e. The Morgan fingerprint density at radius 2 is 2.27 bits per heavy atom. The highest BCUT2D eigenvalue weighted by Crippen LogP contribution is 2.22. The second-order valence-corrected chi connectivity index (χ2v) is 3.17. The third kappa shape index (κ3) is 1.51. The molecule has 2 atom stereocenters. The van der Waals surface area contributed by atoms with Gasteiger partial charge < -0.3 is 4.74 Å². The van der Waals surface area contributed by atoms with Gasteiger partial charge in [-0.1, -0.05) is 0 Å². The minimum absolute atomic E-state index is 0.209. The number of allylic oxidation sites excluding steroid dienone is 1. The molecule has 0 aliphatic carbocycles. The molecular weight excluding hydrogens is 138 g/mol. The lowest BCUT2D eigenvalue weighted by Crippen LogP contribution is -2.38. The lowest BCUT2D eigenvalue weighted by Gasteiger charge is -2.31. The van der Waals surface area contributed by atoms with Crippen molar-refractivity contribution in [2.24, 2.45) is 4.99 Å². The normalized spacial score (nSPS) is 37.1. The Kier molecular flexibility index (Phi) is 2.14. The Morgan fingerprint density at radius 3 is 2.73 bits per heavy atom. The fourth-order valence-corrected chi connectivity index (χ4v) is 1.14. The zero-order chi connectivity index (χ0) is 8.48. The molecule has 1 unspecified atom stereocenters. The molecule has 0 amide bonds. The molecule has 1 rings (SSSR count). The number of ether oxygens (including phenoxy) is 1. The summed E-state index contributed by atoms with van der Waals surface area (Å²) in [4.78, 5) is 4.41. The van der Waals surface area contributed by atoms with Crippen molar-refractivity contribution >= 4 is 5.71 Å². The number of methoxy groups -OCH3 is 1. The van der Waals surface area contributed by atoms with Gasteiger partial charge >= 0.3 is 0 Å². The van der Waals surface area contributed by atoms with Gasteiger partial charge in [-0.15, -0.1) is 0 Å². The van der Waals surface area contributed by atoms with E-state index in [0.29, 0.717) is 0 Å². The fraction of sp³-hybridized carbons (Fsp3) is 0.667. The van der Waals surface area contributed by atoms with Gasteiger partial charge in [0.15, 0.2) is 0 Å². The van der Waals surface area contributed by atoms with Crippen LogP contribution in [0.5, 0.6) is 0 Å². The SMILES string of the molecule is COC1(C)C=CC(C)=N[C@@H]1C. The van der Waals surface area contributed by atoms with E-state index in [4.69, 9.17) is 4.74 Å². The Hall–Kier alpha value is -0.630. The van der Waals surface area contributed by atoms with Crippen molar-refractivity contribution in [1.29, 1.82) is 0 Å². The zero-order valence-corrected chi connectivity index (χ0v) is 7.59. The molecule has 0 saturated heterocycles. The van der Waals surface area contributed by atoms with Crippen LogP contribution in [0.1, 0.15) is 20.8 Å². The summed E-state index contributed by atoms with van der Waals surface area (Å²) < 4.78 is 5.35. The van der Waals surface area contributed by atoms with Gasteiger partial charge in [-0.2, -0.15) is 0 Å². The van der Waals surface area contributed by atoms with Crippen LogP contribution in [0, 0.1) is 0 Å². The van der Waals surface area contributed by atoms with Crippen molar-refractivity contribution in [3.05, 3.63) is 12.2 Å². The quantitative estimate of drug-likeness (QED) is 0.563. The molecule has 2 heteroatoms. The first-order valence-electron chi connectivity index (χ1n) is 3.87. The first-order chi connectivity index (χ1) is 5.08. The van der Waals surface area contributed by atoms with Crippen molar-refractivity contribution in [1.82, 2.24) is 0 Å². The summed E-state index contributed by atoms with van der Waals surface area (Å²) in [6.45, 7) is 6.11. The molecule has 0 bridgehead atoms. The highest BCUT2D eigenvalue weighted by atomic mass is 16.5. The van der Waals surface area contributed by atoms with Gasteiger partial charge in [0.1, 0.15) is 5.60 Å². The first kappa shape index (κ1) is 8.47. The molecule has 0 radical (unpaired) electrons. The average Bonchev–Trinajstić information content (AvgIpc) is 1.98. The van der Waals surface area contributed by atoms with Gasteiger partial charge in [0.2, 0.25) is 0 Å². The van der Waals surface area contributed by atoms with Crippen LogP contribution in [0.2, 0.25) is 0 Å². The number of aliphatic imine (C=N–C) groups is 1. The summed E-state index contributed by atoms with van der Waals surface area (Å²) in [6, 6.07) is 0.220. The van der Waals surface area contributed by atoms with E-state index in [9.17, 15) is 0 Å². The number of hydrogen-bond acceptors (Lipinski definition) is 2. The van der Waals surface area contributed by atoms with E-state index in [2.05, 4.69) is 18.0 Å². The molecule has 0 aromatic heterocycles. The predicted molar refractivity (Wildman–Crippen MR) is 47.1 cm³/mol. The topological polar surface area (TPSA) is 21.6 Å². The van der Waals surface area contributed by atoms with Crippen molar-refractivity contribution in [3.63, 3.8) is 0 Å². The van der Waals surface area contributed by atoms with Gasteiger partial charge in [0.05, 0.1) is 6.04 Å². The molecule has 62 valence electrons. The van der Waals surface area contributed by atoms with Crippen LogP contribution >= 0.6 is 0 Å². The van der Waals surface area contributed by atoms with Crippen molar-refractivity contribution in [2.45, 2.75) is 32.4 Å². The highest BCUT2D eigenvalue weighted by Gasteiger charge is 2.29. The van der Waals surface area contributed by atoms with Crippen LogP contribution in [0.15, 0.2) is 17.1 Å². The molecule has 1 heterocycles. The summed E-state index contributed by atoms with van der Waals surface area (Å²) in [5.74, 6) is 0. The van der Waals surface area contributed by atoms with Crippen LogP contribution in [0.4, 0.5) is 0 Å². The Bertz CT molecular complexity index is 208. The van der Waals surface area contributed by atoms with Gasteiger partial charge in [0.25, 0.3) is 0 Å². The summed E-state index contributed by atoms with van der Waals surface area (Å²) >= 11 is 0. The number of dihydropyridines is 1. The molecule has 0 spiro atoms. The van der Waals surface area contributed by atoms with Crippen LogP contribution in [-0.4, -0.2) is 24.5 Å². The summed E-state index contributed by atoms with van der Waals surface area (Å²) in [5, 5.41) is 0. The van der Waals surface area contributed by atoms with Gasteiger partial charge in [-0.25, -0.2) is 0 Å². The van der Waals surface area contributed by atoms with Gasteiger partial charge in [0, 0.05) is 12.8 Å². The maximum absolute atomic E-state index is 5.35. The van der Waals surface area contributed by atoms with E-state index in [1.54, 1.807) is 7.11 Å². The summed E-state index contributed by atoms with van der Waals surface area (Å²) in [6.07, 6.45) is 4.07. The van der Waals surface area contributed by atoms with Crippen LogP contribution in [0.3, 0.4) is 0 Å². The second-order valence-electron chi connectivity index (χ2n) is 3.17. The van der Waals surface area contributed by atoms with Crippen molar-refractivity contribution in [3.8, 4) is 0 Å². The molecule has 0 aromatic rings. The fourth-order valence-electron chi connectivity index (χ4n) is 1.14. The molecular formula is C9H15NO. The molecule has 0 aromatic carbocycles. The maximum Gasteiger partial charge on any atom is 0.105 e.